The number of rotatable bonds is 7. The summed E-state index contributed by atoms with van der Waals surface area (Å²) in [7, 11) is -0.463. The van der Waals surface area contributed by atoms with Crippen LogP contribution >= 0.6 is 34.4 Å². The third kappa shape index (κ3) is 4.22. The van der Waals surface area contributed by atoms with Gasteiger partial charge in [-0.15, -0.1) is 22.7 Å². The molecule has 31 heavy (non-hydrogen) atoms. The summed E-state index contributed by atoms with van der Waals surface area (Å²) in [5.41, 5.74) is 1.76. The van der Waals surface area contributed by atoms with E-state index in [1.165, 1.54) is 41.5 Å². The van der Waals surface area contributed by atoms with E-state index in [1.807, 2.05) is 35.9 Å². The molecule has 4 aromatic rings. The molecule has 0 bridgehead atoms. The Morgan fingerprint density at radius 3 is 2.65 bits per heavy atom. The molecular formula is C21H21N3O3S4. The molecule has 0 fully saturated rings. The highest BCUT2D eigenvalue weighted by atomic mass is 32.2. The van der Waals surface area contributed by atoms with Gasteiger partial charge >= 0.3 is 0 Å². The van der Waals surface area contributed by atoms with Crippen molar-refractivity contribution < 1.29 is 8.42 Å². The Kier molecular flexibility index (Phi) is 6.36. The van der Waals surface area contributed by atoms with E-state index in [4.69, 9.17) is 4.98 Å². The van der Waals surface area contributed by atoms with Crippen molar-refractivity contribution >= 4 is 54.7 Å². The van der Waals surface area contributed by atoms with Gasteiger partial charge in [0.25, 0.3) is 5.56 Å². The lowest BCUT2D eigenvalue weighted by atomic mass is 10.2. The number of thiophene rings is 2. The second-order valence-corrected chi connectivity index (χ2v) is 11.9. The largest absolute Gasteiger partial charge is 0.287 e. The van der Waals surface area contributed by atoms with Gasteiger partial charge in [-0.3, -0.25) is 9.36 Å². The van der Waals surface area contributed by atoms with Gasteiger partial charge in [0.1, 0.15) is 4.83 Å². The van der Waals surface area contributed by atoms with Crippen LogP contribution < -0.4 is 5.56 Å². The Balaban J connectivity index is 1.68. The lowest BCUT2D eigenvalue weighted by molar-refractivity contribution is 0.520. The second kappa shape index (κ2) is 8.87. The number of thioether (sulfide) groups is 1. The Hall–Kier alpha value is -1.98. The van der Waals surface area contributed by atoms with Crippen molar-refractivity contribution in [3.63, 3.8) is 0 Å². The van der Waals surface area contributed by atoms with Crippen LogP contribution in [0.15, 0.2) is 62.0 Å². The van der Waals surface area contributed by atoms with E-state index >= 15 is 0 Å². The number of hydrogen-bond acceptors (Lipinski definition) is 7. The molecule has 0 atom stereocenters. The molecule has 0 amide bonds. The third-order valence-electron chi connectivity index (χ3n) is 4.81. The number of nitrogens with zero attached hydrogens (tertiary/aromatic N) is 3. The number of hydrogen-bond donors (Lipinski definition) is 0. The van der Waals surface area contributed by atoms with E-state index in [9.17, 15) is 13.2 Å². The maximum absolute atomic E-state index is 13.3. The smallest absolute Gasteiger partial charge is 0.263 e. The minimum Gasteiger partial charge on any atom is -0.287 e. The molecule has 162 valence electrons. The van der Waals surface area contributed by atoms with Crippen molar-refractivity contribution in [1.82, 2.24) is 13.9 Å². The highest BCUT2D eigenvalue weighted by Crippen LogP contribution is 2.35. The van der Waals surface area contributed by atoms with Crippen LogP contribution in [0.1, 0.15) is 12.5 Å². The second-order valence-electron chi connectivity index (χ2n) is 6.97. The lowest BCUT2D eigenvalue weighted by Crippen LogP contribution is -2.22. The molecule has 0 unspecified atom stereocenters. The van der Waals surface area contributed by atoms with Gasteiger partial charge in [0.15, 0.2) is 5.16 Å². The number of fused-ring (bicyclic) bond motifs is 1. The van der Waals surface area contributed by atoms with Crippen molar-refractivity contribution in [2.75, 3.05) is 14.1 Å². The van der Waals surface area contributed by atoms with Gasteiger partial charge < -0.3 is 0 Å². The van der Waals surface area contributed by atoms with Crippen molar-refractivity contribution in [3.05, 3.63) is 63.1 Å². The van der Waals surface area contributed by atoms with E-state index in [0.29, 0.717) is 22.8 Å². The summed E-state index contributed by atoms with van der Waals surface area (Å²) in [4.78, 5) is 20.1. The molecule has 6 nitrogen and oxygen atoms in total. The van der Waals surface area contributed by atoms with E-state index in [0.717, 1.165) is 20.8 Å². The van der Waals surface area contributed by atoms with Crippen LogP contribution in [0.4, 0.5) is 0 Å². The fraction of sp³-hybridized carbons (Fsp3) is 0.238. The number of aromatic nitrogens is 2. The Morgan fingerprint density at radius 2 is 1.97 bits per heavy atom. The molecule has 0 aliphatic heterocycles. The normalized spacial score (nSPS) is 12.1. The summed E-state index contributed by atoms with van der Waals surface area (Å²) in [5.74, 6) is 0.512. The molecule has 0 aliphatic carbocycles. The van der Waals surface area contributed by atoms with Gasteiger partial charge in [-0.2, -0.15) is 0 Å². The van der Waals surface area contributed by atoms with Crippen molar-refractivity contribution in [2.24, 2.45) is 0 Å². The minimum absolute atomic E-state index is 0.0383. The molecule has 0 saturated heterocycles. The van der Waals surface area contributed by atoms with E-state index in [1.54, 1.807) is 34.1 Å². The highest BCUT2D eigenvalue weighted by Gasteiger charge is 2.19. The summed E-state index contributed by atoms with van der Waals surface area (Å²) in [6.45, 7) is 2.44. The molecule has 0 N–H and O–H groups in total. The lowest BCUT2D eigenvalue weighted by Gasteiger charge is -2.13. The first-order valence-corrected chi connectivity index (χ1v) is 13.7. The fourth-order valence-corrected chi connectivity index (χ4v) is 6.94. The first-order valence-electron chi connectivity index (χ1n) is 9.53. The van der Waals surface area contributed by atoms with Crippen LogP contribution in [0, 0.1) is 0 Å². The van der Waals surface area contributed by atoms with Gasteiger partial charge in [0, 0.05) is 42.2 Å². The van der Waals surface area contributed by atoms with E-state index in [-0.39, 0.29) is 10.5 Å². The monoisotopic (exact) mass is 491 g/mol. The molecule has 0 radical (unpaired) electrons. The summed E-state index contributed by atoms with van der Waals surface area (Å²) in [6.07, 6.45) is 0. The SMILES string of the molecule is CCn1c(SCc2cccc(S(=O)(=O)N(C)C)c2)nc2scc(-c3cccs3)c2c1=O. The summed E-state index contributed by atoms with van der Waals surface area (Å²) >= 11 is 4.52. The molecule has 10 heteroatoms. The Morgan fingerprint density at radius 1 is 1.16 bits per heavy atom. The number of benzene rings is 1. The minimum atomic E-state index is -3.49. The number of sulfonamides is 1. The predicted octanol–water partition coefficient (Wildman–Crippen LogP) is 4.75. The zero-order valence-electron chi connectivity index (χ0n) is 17.2. The molecule has 0 aliphatic rings. The van der Waals surface area contributed by atoms with Crippen LogP contribution in [0.5, 0.6) is 0 Å². The van der Waals surface area contributed by atoms with Gasteiger partial charge in [-0.05, 0) is 36.1 Å². The van der Waals surface area contributed by atoms with Crippen LogP contribution in [0.3, 0.4) is 0 Å². The standard InChI is InChI=1S/C21H21N3O3S4/c1-4-24-20(25)18-16(17-9-6-10-28-17)13-29-19(18)22-21(24)30-12-14-7-5-8-15(11-14)31(26,27)23(2)3/h5-11,13H,4,12H2,1-3H3. The van der Waals surface area contributed by atoms with Crippen LogP contribution in [-0.2, 0) is 22.3 Å². The molecule has 0 saturated carbocycles. The average Bonchev–Trinajstić information content (AvgIpc) is 3.42. The molecular weight excluding hydrogens is 471 g/mol. The first-order chi connectivity index (χ1) is 14.8. The average molecular weight is 492 g/mol. The van der Waals surface area contributed by atoms with Gasteiger partial charge in [0.2, 0.25) is 10.0 Å². The molecule has 4 rings (SSSR count). The van der Waals surface area contributed by atoms with Crippen molar-refractivity contribution in [1.29, 1.82) is 0 Å². The summed E-state index contributed by atoms with van der Waals surface area (Å²) < 4.78 is 27.7. The molecule has 3 heterocycles. The fourth-order valence-electron chi connectivity index (χ4n) is 3.16. The molecule has 3 aromatic heterocycles. The van der Waals surface area contributed by atoms with E-state index in [2.05, 4.69) is 0 Å². The summed E-state index contributed by atoms with van der Waals surface area (Å²) in [5, 5.41) is 5.30. The van der Waals surface area contributed by atoms with Crippen LogP contribution in [-0.4, -0.2) is 36.4 Å². The summed E-state index contributed by atoms with van der Waals surface area (Å²) in [6, 6.07) is 10.9. The van der Waals surface area contributed by atoms with Gasteiger partial charge in [-0.1, -0.05) is 30.0 Å². The topological polar surface area (TPSA) is 72.3 Å². The molecule has 0 spiro atoms. The van der Waals surface area contributed by atoms with Crippen molar-refractivity contribution in [3.8, 4) is 10.4 Å². The van der Waals surface area contributed by atoms with Gasteiger partial charge in [0.05, 0.1) is 10.3 Å². The van der Waals surface area contributed by atoms with Crippen LogP contribution in [0.25, 0.3) is 20.7 Å². The zero-order chi connectivity index (χ0) is 22.2. The maximum atomic E-state index is 13.3. The maximum Gasteiger partial charge on any atom is 0.263 e. The first kappa shape index (κ1) is 22.2. The third-order valence-corrected chi connectivity index (χ3v) is 9.44. The Bertz CT molecular complexity index is 1390. The quantitative estimate of drug-likeness (QED) is 0.276. The molecule has 1 aromatic carbocycles. The Labute approximate surface area is 193 Å². The van der Waals surface area contributed by atoms with E-state index < -0.39 is 10.0 Å². The predicted molar refractivity (Wildman–Crippen MR) is 130 cm³/mol. The van der Waals surface area contributed by atoms with Gasteiger partial charge in [-0.25, -0.2) is 17.7 Å². The van der Waals surface area contributed by atoms with Crippen LogP contribution in [0.2, 0.25) is 0 Å². The highest BCUT2D eigenvalue weighted by molar-refractivity contribution is 7.98. The zero-order valence-corrected chi connectivity index (χ0v) is 20.5. The van der Waals surface area contributed by atoms with Crippen molar-refractivity contribution in [2.45, 2.75) is 29.3 Å².